The lowest BCUT2D eigenvalue weighted by Gasteiger charge is -2.32. The number of rotatable bonds is 3. The Balaban J connectivity index is 1.83. The van der Waals surface area contributed by atoms with E-state index in [1.807, 2.05) is 48.5 Å². The highest BCUT2D eigenvalue weighted by molar-refractivity contribution is 9.09. The van der Waals surface area contributed by atoms with Crippen molar-refractivity contribution < 1.29 is 14.3 Å². The topological polar surface area (TPSA) is 46.6 Å². The number of carbonyl (C=O) groups excluding carboxylic acids is 2. The number of nitrogens with zero attached hydrogens (tertiary/aromatic N) is 1. The van der Waals surface area contributed by atoms with Crippen LogP contribution in [0.1, 0.15) is 27.9 Å². The molecule has 122 valence electrons. The molecule has 4 nitrogen and oxygen atoms in total. The standard InChI is InChI=1S/C19H16BrNO3/c20-11-14-10-19(18(23)24-14)16-9-5-4-8-15(16)17(22)21(19)12-13-6-2-1-3-7-13/h1-9,14H,10-12H2/t14-,19-/m1/s1. The first-order valence-electron chi connectivity index (χ1n) is 7.89. The summed E-state index contributed by atoms with van der Waals surface area (Å²) in [5, 5.41) is 0.566. The minimum atomic E-state index is -1.01. The third-order valence-corrected chi connectivity index (χ3v) is 5.52. The van der Waals surface area contributed by atoms with Gasteiger partial charge in [-0.15, -0.1) is 0 Å². The molecule has 2 aliphatic rings. The number of hydrogen-bond donors (Lipinski definition) is 0. The Morgan fingerprint density at radius 3 is 2.50 bits per heavy atom. The average Bonchev–Trinajstić information content (AvgIpc) is 3.08. The Labute approximate surface area is 148 Å². The highest BCUT2D eigenvalue weighted by Crippen LogP contribution is 2.48. The Hall–Kier alpha value is -2.14. The highest BCUT2D eigenvalue weighted by atomic mass is 79.9. The molecule has 1 saturated heterocycles. The molecule has 2 heterocycles. The maximum atomic E-state index is 13.0. The van der Waals surface area contributed by atoms with Crippen molar-refractivity contribution in [3.63, 3.8) is 0 Å². The van der Waals surface area contributed by atoms with Gasteiger partial charge in [-0.2, -0.15) is 0 Å². The van der Waals surface area contributed by atoms with Gasteiger partial charge in [0.1, 0.15) is 6.10 Å². The molecule has 5 heteroatoms. The van der Waals surface area contributed by atoms with Crippen molar-refractivity contribution in [2.45, 2.75) is 24.6 Å². The fourth-order valence-corrected chi connectivity index (χ4v) is 4.06. The molecule has 4 rings (SSSR count). The molecule has 2 aliphatic heterocycles. The summed E-state index contributed by atoms with van der Waals surface area (Å²) in [6.07, 6.45) is 0.252. The molecule has 0 aromatic heterocycles. The maximum Gasteiger partial charge on any atom is 0.337 e. The zero-order chi connectivity index (χ0) is 16.7. The van der Waals surface area contributed by atoms with Crippen molar-refractivity contribution in [1.29, 1.82) is 0 Å². The van der Waals surface area contributed by atoms with Gasteiger partial charge < -0.3 is 9.64 Å². The Kier molecular flexibility index (Phi) is 3.68. The van der Waals surface area contributed by atoms with Crippen molar-refractivity contribution in [3.8, 4) is 0 Å². The van der Waals surface area contributed by atoms with Gasteiger partial charge in [0.25, 0.3) is 5.91 Å². The second kappa shape index (κ2) is 5.74. The minimum absolute atomic E-state index is 0.110. The van der Waals surface area contributed by atoms with E-state index in [0.717, 1.165) is 11.1 Å². The number of carbonyl (C=O) groups is 2. The van der Waals surface area contributed by atoms with E-state index in [9.17, 15) is 9.59 Å². The number of esters is 1. The summed E-state index contributed by atoms with van der Waals surface area (Å²) in [7, 11) is 0. The summed E-state index contributed by atoms with van der Waals surface area (Å²) in [5.41, 5.74) is 1.34. The Bertz CT molecular complexity index is 807. The van der Waals surface area contributed by atoms with Gasteiger partial charge in [-0.1, -0.05) is 64.5 Å². The van der Waals surface area contributed by atoms with E-state index >= 15 is 0 Å². The van der Waals surface area contributed by atoms with Crippen LogP contribution in [0, 0.1) is 0 Å². The van der Waals surface area contributed by atoms with Crippen LogP contribution in [0.3, 0.4) is 0 Å². The average molecular weight is 386 g/mol. The molecule has 2 aromatic rings. The summed E-state index contributed by atoms with van der Waals surface area (Å²) < 4.78 is 5.54. The highest BCUT2D eigenvalue weighted by Gasteiger charge is 2.60. The number of hydrogen-bond acceptors (Lipinski definition) is 3. The number of halogens is 1. The van der Waals surface area contributed by atoms with Crippen LogP contribution in [0.2, 0.25) is 0 Å². The molecular weight excluding hydrogens is 370 g/mol. The summed E-state index contributed by atoms with van der Waals surface area (Å²) in [6.45, 7) is 0.387. The second-order valence-electron chi connectivity index (χ2n) is 6.17. The van der Waals surface area contributed by atoms with Gasteiger partial charge in [-0.25, -0.2) is 4.79 Å². The molecule has 2 atom stereocenters. The van der Waals surface area contributed by atoms with Crippen LogP contribution in [-0.2, 0) is 21.6 Å². The van der Waals surface area contributed by atoms with Gasteiger partial charge >= 0.3 is 5.97 Å². The zero-order valence-corrected chi connectivity index (χ0v) is 14.5. The quantitative estimate of drug-likeness (QED) is 0.601. The Morgan fingerprint density at radius 1 is 1.08 bits per heavy atom. The van der Waals surface area contributed by atoms with Crippen molar-refractivity contribution in [1.82, 2.24) is 4.90 Å². The van der Waals surface area contributed by atoms with Crippen LogP contribution in [-0.4, -0.2) is 28.2 Å². The third kappa shape index (κ3) is 2.11. The molecular formula is C19H16BrNO3. The predicted molar refractivity (Wildman–Crippen MR) is 92.7 cm³/mol. The smallest absolute Gasteiger partial charge is 0.337 e. The Morgan fingerprint density at radius 2 is 1.79 bits per heavy atom. The van der Waals surface area contributed by atoms with Crippen LogP contribution in [0.25, 0.3) is 0 Å². The van der Waals surface area contributed by atoms with Crippen LogP contribution < -0.4 is 0 Å². The SMILES string of the molecule is O=C1c2ccccc2[C@@]2(C[C@H](CBr)OC2=O)N1Cc1ccccc1. The van der Waals surface area contributed by atoms with E-state index in [-0.39, 0.29) is 18.0 Å². The molecule has 0 radical (unpaired) electrons. The number of benzene rings is 2. The number of ether oxygens (including phenoxy) is 1. The van der Waals surface area contributed by atoms with Gasteiger partial charge in [0.15, 0.2) is 5.54 Å². The van der Waals surface area contributed by atoms with Gasteiger partial charge in [0.2, 0.25) is 0 Å². The molecule has 1 amide bonds. The van der Waals surface area contributed by atoms with Gasteiger partial charge in [0.05, 0.1) is 0 Å². The molecule has 24 heavy (non-hydrogen) atoms. The number of alkyl halides is 1. The van der Waals surface area contributed by atoms with Gasteiger partial charge in [0, 0.05) is 29.4 Å². The van der Waals surface area contributed by atoms with E-state index in [4.69, 9.17) is 4.74 Å². The summed E-state index contributed by atoms with van der Waals surface area (Å²) in [5.74, 6) is -0.442. The van der Waals surface area contributed by atoms with Crippen LogP contribution in [0.15, 0.2) is 54.6 Å². The first kappa shape index (κ1) is 15.4. The van der Waals surface area contributed by atoms with Crippen molar-refractivity contribution in [2.24, 2.45) is 0 Å². The molecule has 0 unspecified atom stereocenters. The van der Waals surface area contributed by atoms with Gasteiger partial charge in [-0.05, 0) is 11.6 Å². The largest absolute Gasteiger partial charge is 0.459 e. The third-order valence-electron chi connectivity index (χ3n) is 4.80. The monoisotopic (exact) mass is 385 g/mol. The summed E-state index contributed by atoms with van der Waals surface area (Å²) in [4.78, 5) is 27.5. The van der Waals surface area contributed by atoms with E-state index in [1.54, 1.807) is 11.0 Å². The molecule has 0 bridgehead atoms. The molecule has 0 aliphatic carbocycles. The molecule has 1 spiro atoms. The number of cyclic esters (lactones) is 1. The lowest BCUT2D eigenvalue weighted by molar-refractivity contribution is -0.149. The lowest BCUT2D eigenvalue weighted by atomic mass is 9.86. The summed E-state index contributed by atoms with van der Waals surface area (Å²) in [6, 6.07) is 17.1. The van der Waals surface area contributed by atoms with Crippen molar-refractivity contribution >= 4 is 27.8 Å². The normalized spacial score (nSPS) is 25.2. The van der Waals surface area contributed by atoms with Gasteiger partial charge in [-0.3, -0.25) is 4.79 Å². The second-order valence-corrected chi connectivity index (χ2v) is 6.82. The van der Waals surface area contributed by atoms with E-state index in [0.29, 0.717) is 23.9 Å². The molecule has 0 N–H and O–H groups in total. The van der Waals surface area contributed by atoms with Crippen LogP contribution in [0.5, 0.6) is 0 Å². The summed E-state index contributed by atoms with van der Waals surface area (Å²) >= 11 is 3.40. The number of fused-ring (bicyclic) bond motifs is 2. The fraction of sp³-hybridized carbons (Fsp3) is 0.263. The molecule has 2 aromatic carbocycles. The zero-order valence-electron chi connectivity index (χ0n) is 12.9. The van der Waals surface area contributed by atoms with Crippen molar-refractivity contribution in [2.75, 3.05) is 5.33 Å². The van der Waals surface area contributed by atoms with E-state index in [1.165, 1.54) is 0 Å². The van der Waals surface area contributed by atoms with Crippen molar-refractivity contribution in [3.05, 3.63) is 71.3 Å². The molecule has 1 fully saturated rings. The maximum absolute atomic E-state index is 13.0. The first-order chi connectivity index (χ1) is 11.7. The predicted octanol–water partition coefficient (Wildman–Crippen LogP) is 3.25. The fourth-order valence-electron chi connectivity index (χ4n) is 3.70. The van der Waals surface area contributed by atoms with Crippen LogP contribution in [0.4, 0.5) is 0 Å². The van der Waals surface area contributed by atoms with Crippen LogP contribution >= 0.6 is 15.9 Å². The lowest BCUT2D eigenvalue weighted by Crippen LogP contribution is -2.46. The minimum Gasteiger partial charge on any atom is -0.459 e. The van der Waals surface area contributed by atoms with E-state index in [2.05, 4.69) is 15.9 Å². The number of amides is 1. The molecule has 0 saturated carbocycles. The first-order valence-corrected chi connectivity index (χ1v) is 9.01. The van der Waals surface area contributed by atoms with E-state index < -0.39 is 5.54 Å².